The third-order valence-corrected chi connectivity index (χ3v) is 18.0. The number of aliphatic hydroxyl groups excluding tert-OH is 1. The lowest BCUT2D eigenvalue weighted by Crippen LogP contribution is -2.30. The number of esters is 4. The van der Waals surface area contributed by atoms with Crippen LogP contribution < -0.4 is 0 Å². The first-order valence-electron chi connectivity index (χ1n) is 35.5. The molecule has 0 aromatic heterocycles. The Bertz CT molecular complexity index is 1700. The normalized spacial score (nSPS) is 14.5. The van der Waals surface area contributed by atoms with Gasteiger partial charge in [-0.25, -0.2) is 9.13 Å². The van der Waals surface area contributed by atoms with Gasteiger partial charge in [-0.1, -0.05) is 292 Å². The summed E-state index contributed by atoms with van der Waals surface area (Å²) in [6.45, 7) is 9.53. The van der Waals surface area contributed by atoms with Crippen molar-refractivity contribution in [2.24, 2.45) is 11.8 Å². The zero-order chi connectivity index (χ0) is 64.3. The van der Waals surface area contributed by atoms with Crippen LogP contribution in [0.2, 0.25) is 0 Å². The Morgan fingerprint density at radius 3 is 0.874 bits per heavy atom. The number of phosphoric ester groups is 2. The highest BCUT2D eigenvalue weighted by atomic mass is 31.2. The summed E-state index contributed by atoms with van der Waals surface area (Å²) < 4.78 is 68.1. The molecule has 0 saturated carbocycles. The Kier molecular flexibility index (Phi) is 59.0. The Morgan fingerprint density at radius 2 is 0.586 bits per heavy atom. The third-order valence-electron chi connectivity index (χ3n) is 16.1. The minimum atomic E-state index is -4.95. The second-order valence-corrected chi connectivity index (χ2v) is 28.2. The lowest BCUT2D eigenvalue weighted by Gasteiger charge is -2.21. The Hall–Kier alpha value is -1.94. The summed E-state index contributed by atoms with van der Waals surface area (Å²) in [5.74, 6) is -0.564. The number of carbonyl (C=O) groups is 4. The van der Waals surface area contributed by atoms with Crippen LogP contribution in [-0.4, -0.2) is 96.7 Å². The van der Waals surface area contributed by atoms with Crippen LogP contribution >= 0.6 is 15.6 Å². The minimum Gasteiger partial charge on any atom is -0.462 e. The average Bonchev–Trinajstić information content (AvgIpc) is 3.51. The number of aliphatic hydroxyl groups is 1. The largest absolute Gasteiger partial charge is 0.472 e. The van der Waals surface area contributed by atoms with Crippen molar-refractivity contribution in [1.29, 1.82) is 0 Å². The molecule has 3 N–H and O–H groups in total. The molecule has 0 radical (unpaired) electrons. The number of unbranched alkanes of at least 4 members (excludes halogenated alkanes) is 36. The molecule has 0 aromatic rings. The highest BCUT2D eigenvalue weighted by Crippen LogP contribution is 2.45. The van der Waals surface area contributed by atoms with Gasteiger partial charge in [0.05, 0.1) is 26.4 Å². The smallest absolute Gasteiger partial charge is 0.462 e. The molecular formula is C68H132O17P2. The molecule has 87 heavy (non-hydrogen) atoms. The van der Waals surface area contributed by atoms with E-state index in [-0.39, 0.29) is 25.7 Å². The van der Waals surface area contributed by atoms with E-state index in [1.807, 2.05) is 0 Å². The van der Waals surface area contributed by atoms with E-state index >= 15 is 0 Å². The maximum atomic E-state index is 13.0. The minimum absolute atomic E-state index is 0.106. The molecule has 0 amide bonds. The van der Waals surface area contributed by atoms with Gasteiger partial charge in [-0.3, -0.25) is 37.3 Å². The number of hydrogen-bond acceptors (Lipinski definition) is 15. The van der Waals surface area contributed by atoms with Crippen molar-refractivity contribution < 1.29 is 80.2 Å². The zero-order valence-corrected chi connectivity index (χ0v) is 58.1. The molecule has 6 atom stereocenters. The van der Waals surface area contributed by atoms with E-state index in [4.69, 9.17) is 37.0 Å². The predicted octanol–water partition coefficient (Wildman–Crippen LogP) is 19.2. The van der Waals surface area contributed by atoms with Crippen LogP contribution in [-0.2, 0) is 65.4 Å². The molecule has 0 spiro atoms. The van der Waals surface area contributed by atoms with E-state index in [0.29, 0.717) is 25.7 Å². The molecule has 3 unspecified atom stereocenters. The first-order valence-corrected chi connectivity index (χ1v) is 38.5. The Balaban J connectivity index is 5.23. The number of rotatable bonds is 67. The van der Waals surface area contributed by atoms with Crippen molar-refractivity contribution in [2.75, 3.05) is 39.6 Å². The maximum Gasteiger partial charge on any atom is 0.472 e. The molecule has 0 rings (SSSR count). The van der Waals surface area contributed by atoms with Crippen LogP contribution in [0.3, 0.4) is 0 Å². The quantitative estimate of drug-likeness (QED) is 0.0222. The molecular weight excluding hydrogens is 1150 g/mol. The number of ether oxygens (including phenoxy) is 4. The second kappa shape index (κ2) is 60.3. The third kappa shape index (κ3) is 61.3. The van der Waals surface area contributed by atoms with E-state index in [1.54, 1.807) is 0 Å². The van der Waals surface area contributed by atoms with Crippen LogP contribution in [0.5, 0.6) is 0 Å². The molecule has 0 aromatic carbocycles. The SMILES string of the molecule is CCCCCCCCCCCCC(=O)O[C@H](COC(=O)CCCCCCCCCCC)COP(=O)(O)OC[C@H](O)COP(=O)(O)OC[C@@H](COC(=O)CCCCCCCCCCC(C)CC)OC(=O)CCCCCCCCCCCCCCCC(C)C. The summed E-state index contributed by atoms with van der Waals surface area (Å²) in [5.41, 5.74) is 0. The Morgan fingerprint density at radius 1 is 0.333 bits per heavy atom. The monoisotopic (exact) mass is 1280 g/mol. The van der Waals surface area contributed by atoms with Crippen LogP contribution in [0.1, 0.15) is 343 Å². The van der Waals surface area contributed by atoms with Crippen molar-refractivity contribution in [3.8, 4) is 0 Å². The van der Waals surface area contributed by atoms with Gasteiger partial charge in [-0.05, 0) is 37.5 Å². The molecule has 0 aliphatic rings. The van der Waals surface area contributed by atoms with Crippen LogP contribution in [0.15, 0.2) is 0 Å². The average molecular weight is 1280 g/mol. The molecule has 17 nitrogen and oxygen atoms in total. The second-order valence-electron chi connectivity index (χ2n) is 25.3. The van der Waals surface area contributed by atoms with E-state index < -0.39 is 97.5 Å². The molecule has 0 heterocycles. The number of hydrogen-bond donors (Lipinski definition) is 3. The van der Waals surface area contributed by atoms with E-state index in [9.17, 15) is 43.2 Å². The van der Waals surface area contributed by atoms with E-state index in [2.05, 4.69) is 41.5 Å². The van der Waals surface area contributed by atoms with Gasteiger partial charge in [0.15, 0.2) is 12.2 Å². The fraction of sp³-hybridized carbons (Fsp3) is 0.941. The van der Waals surface area contributed by atoms with Crippen molar-refractivity contribution >= 4 is 39.5 Å². The molecule has 0 fully saturated rings. The summed E-state index contributed by atoms with van der Waals surface area (Å²) in [6.07, 6.45) is 44.3. The van der Waals surface area contributed by atoms with Gasteiger partial charge < -0.3 is 33.8 Å². The first kappa shape index (κ1) is 85.1. The van der Waals surface area contributed by atoms with Gasteiger partial charge in [0, 0.05) is 25.7 Å². The van der Waals surface area contributed by atoms with Crippen LogP contribution in [0.25, 0.3) is 0 Å². The molecule has 516 valence electrons. The van der Waals surface area contributed by atoms with Gasteiger partial charge in [0.2, 0.25) is 0 Å². The molecule has 19 heteroatoms. The van der Waals surface area contributed by atoms with Crippen molar-refractivity contribution in [2.45, 2.75) is 362 Å². The topological polar surface area (TPSA) is 237 Å². The van der Waals surface area contributed by atoms with E-state index in [0.717, 1.165) is 102 Å². The first-order chi connectivity index (χ1) is 41.9. The fourth-order valence-corrected chi connectivity index (χ4v) is 11.8. The van der Waals surface area contributed by atoms with Crippen LogP contribution in [0, 0.1) is 11.8 Å². The van der Waals surface area contributed by atoms with Crippen LogP contribution in [0.4, 0.5) is 0 Å². The van der Waals surface area contributed by atoms with E-state index in [1.165, 1.54) is 161 Å². The molecule has 0 aliphatic carbocycles. The van der Waals surface area contributed by atoms with Crippen molar-refractivity contribution in [3.05, 3.63) is 0 Å². The van der Waals surface area contributed by atoms with Gasteiger partial charge in [-0.2, -0.15) is 0 Å². The number of carbonyl (C=O) groups excluding carboxylic acids is 4. The zero-order valence-electron chi connectivity index (χ0n) is 56.3. The highest BCUT2D eigenvalue weighted by molar-refractivity contribution is 7.47. The summed E-state index contributed by atoms with van der Waals surface area (Å²) in [6, 6.07) is 0. The summed E-state index contributed by atoms with van der Waals surface area (Å²) in [5, 5.41) is 10.6. The van der Waals surface area contributed by atoms with Crippen molar-refractivity contribution in [3.63, 3.8) is 0 Å². The lowest BCUT2D eigenvalue weighted by atomic mass is 9.99. The highest BCUT2D eigenvalue weighted by Gasteiger charge is 2.30. The molecule has 0 aliphatic heterocycles. The predicted molar refractivity (Wildman–Crippen MR) is 349 cm³/mol. The van der Waals surface area contributed by atoms with Gasteiger partial charge in [0.1, 0.15) is 19.3 Å². The lowest BCUT2D eigenvalue weighted by molar-refractivity contribution is -0.161. The summed E-state index contributed by atoms with van der Waals surface area (Å²) in [7, 11) is -9.89. The fourth-order valence-electron chi connectivity index (χ4n) is 10.2. The van der Waals surface area contributed by atoms with Gasteiger partial charge in [0.25, 0.3) is 0 Å². The van der Waals surface area contributed by atoms with Gasteiger partial charge >= 0.3 is 39.5 Å². The summed E-state index contributed by atoms with van der Waals surface area (Å²) >= 11 is 0. The number of phosphoric acid groups is 2. The standard InChI is InChI=1S/C68H132O17P2/c1-7-10-12-14-16-18-26-34-40-46-52-67(72)84-63(56-78-65(70)50-44-38-32-24-17-15-13-11-8-2)58-82-86(74,75)80-54-62(69)55-81-87(76,77)83-59-64(57-79-66(71)51-45-39-33-29-28-31-37-43-49-61(6)9-3)85-68(73)53-47-41-35-27-23-21-19-20-22-25-30-36-42-48-60(4)5/h60-64,69H,7-59H2,1-6H3,(H,74,75)(H,76,77)/t61?,62-,63+,64+/m0/s1. The maximum absolute atomic E-state index is 13.0. The summed E-state index contributed by atoms with van der Waals surface area (Å²) in [4.78, 5) is 72.4. The molecule has 0 saturated heterocycles. The van der Waals surface area contributed by atoms with Crippen molar-refractivity contribution in [1.82, 2.24) is 0 Å². The Labute approximate surface area is 530 Å². The molecule has 0 bridgehead atoms. The van der Waals surface area contributed by atoms with Gasteiger partial charge in [-0.15, -0.1) is 0 Å².